The van der Waals surface area contributed by atoms with E-state index in [9.17, 15) is 14.4 Å². The molecule has 19 heavy (non-hydrogen) atoms. The number of carboxylic acids is 1. The van der Waals surface area contributed by atoms with Crippen LogP contribution < -0.4 is 16.8 Å². The standard InChI is InChI=1S/C11H12ClN3O4/c12-7-3-5(1-2-6(7)11(18)19)15-10(17)8(13)4-9(14)16/h1-3,8H,4,13H2,(H2,14,16)(H,15,17)(H,18,19). The molecule has 0 heterocycles. The molecule has 1 rings (SSSR count). The highest BCUT2D eigenvalue weighted by atomic mass is 35.5. The summed E-state index contributed by atoms with van der Waals surface area (Å²) in [6, 6.07) is 2.82. The van der Waals surface area contributed by atoms with E-state index in [1.165, 1.54) is 18.2 Å². The van der Waals surface area contributed by atoms with Crippen molar-refractivity contribution < 1.29 is 19.5 Å². The smallest absolute Gasteiger partial charge is 0.337 e. The van der Waals surface area contributed by atoms with E-state index < -0.39 is 23.8 Å². The maximum Gasteiger partial charge on any atom is 0.337 e. The third-order valence-electron chi connectivity index (χ3n) is 2.22. The zero-order valence-electron chi connectivity index (χ0n) is 9.72. The Kier molecular flexibility index (Phi) is 4.85. The van der Waals surface area contributed by atoms with E-state index in [1.807, 2.05) is 0 Å². The average Bonchev–Trinajstić information content (AvgIpc) is 2.27. The molecule has 1 atom stereocenters. The summed E-state index contributed by atoms with van der Waals surface area (Å²) in [4.78, 5) is 32.9. The fourth-order valence-corrected chi connectivity index (χ4v) is 1.57. The zero-order valence-corrected chi connectivity index (χ0v) is 10.5. The van der Waals surface area contributed by atoms with Crippen molar-refractivity contribution in [2.24, 2.45) is 11.5 Å². The number of nitrogens with one attached hydrogen (secondary N) is 1. The van der Waals surface area contributed by atoms with E-state index in [0.717, 1.165) is 0 Å². The second kappa shape index (κ2) is 6.17. The van der Waals surface area contributed by atoms with Crippen LogP contribution in [0.15, 0.2) is 18.2 Å². The SMILES string of the molecule is NC(=O)CC(N)C(=O)Nc1ccc(C(=O)O)c(Cl)c1. The van der Waals surface area contributed by atoms with Gasteiger partial charge in [0.2, 0.25) is 11.8 Å². The summed E-state index contributed by atoms with van der Waals surface area (Å²) in [5, 5.41) is 11.2. The Morgan fingerprint density at radius 2 is 2.00 bits per heavy atom. The molecule has 1 aromatic rings. The first-order valence-electron chi connectivity index (χ1n) is 5.19. The molecule has 0 saturated carbocycles. The van der Waals surface area contributed by atoms with Gasteiger partial charge in [-0.1, -0.05) is 11.6 Å². The van der Waals surface area contributed by atoms with Crippen molar-refractivity contribution >= 4 is 35.1 Å². The van der Waals surface area contributed by atoms with E-state index in [2.05, 4.69) is 5.32 Å². The Balaban J connectivity index is 2.78. The third-order valence-corrected chi connectivity index (χ3v) is 2.54. The lowest BCUT2D eigenvalue weighted by atomic mass is 10.1. The van der Waals surface area contributed by atoms with E-state index in [4.69, 9.17) is 28.2 Å². The molecule has 0 saturated heterocycles. The molecule has 0 spiro atoms. The van der Waals surface area contributed by atoms with Crippen LogP contribution in [-0.2, 0) is 9.59 Å². The maximum atomic E-state index is 11.6. The van der Waals surface area contributed by atoms with Gasteiger partial charge in [-0.15, -0.1) is 0 Å². The minimum Gasteiger partial charge on any atom is -0.478 e. The van der Waals surface area contributed by atoms with Crippen molar-refractivity contribution in [1.82, 2.24) is 0 Å². The second-order valence-electron chi connectivity index (χ2n) is 3.77. The summed E-state index contributed by atoms with van der Waals surface area (Å²) < 4.78 is 0. The van der Waals surface area contributed by atoms with Crippen LogP contribution >= 0.6 is 11.6 Å². The predicted octanol–water partition coefficient (Wildman–Crippen LogP) is 0.179. The predicted molar refractivity (Wildman–Crippen MR) is 68.8 cm³/mol. The molecule has 0 aliphatic heterocycles. The molecule has 6 N–H and O–H groups in total. The number of hydrogen-bond donors (Lipinski definition) is 4. The number of benzene rings is 1. The van der Waals surface area contributed by atoms with Crippen LogP contribution in [-0.4, -0.2) is 28.9 Å². The Morgan fingerprint density at radius 1 is 1.37 bits per heavy atom. The van der Waals surface area contributed by atoms with Crippen molar-refractivity contribution in [2.75, 3.05) is 5.32 Å². The fraction of sp³-hybridized carbons (Fsp3) is 0.182. The van der Waals surface area contributed by atoms with Gasteiger partial charge in [0.1, 0.15) is 0 Å². The minimum absolute atomic E-state index is 0.0197. The van der Waals surface area contributed by atoms with Crippen LogP contribution in [0.5, 0.6) is 0 Å². The topological polar surface area (TPSA) is 136 Å². The van der Waals surface area contributed by atoms with E-state index in [0.29, 0.717) is 0 Å². The summed E-state index contributed by atoms with van der Waals surface area (Å²) in [6.45, 7) is 0. The van der Waals surface area contributed by atoms with Crippen LogP contribution in [0.25, 0.3) is 0 Å². The molecular formula is C11H12ClN3O4. The fourth-order valence-electron chi connectivity index (χ4n) is 1.31. The molecule has 0 aliphatic rings. The Hall–Kier alpha value is -2.12. The Bertz CT molecular complexity index is 533. The number of hydrogen-bond acceptors (Lipinski definition) is 4. The van der Waals surface area contributed by atoms with Crippen molar-refractivity contribution in [3.05, 3.63) is 28.8 Å². The van der Waals surface area contributed by atoms with Crippen LogP contribution in [0, 0.1) is 0 Å². The quantitative estimate of drug-likeness (QED) is 0.612. The third kappa shape index (κ3) is 4.23. The summed E-state index contributed by atoms with van der Waals surface area (Å²) in [5.41, 5.74) is 10.6. The number of carbonyl (C=O) groups excluding carboxylic acids is 2. The van der Waals surface area contributed by atoms with Gasteiger partial charge in [0.15, 0.2) is 0 Å². The lowest BCUT2D eigenvalue weighted by molar-refractivity contribution is -0.123. The Morgan fingerprint density at radius 3 is 2.47 bits per heavy atom. The van der Waals surface area contributed by atoms with Gasteiger partial charge >= 0.3 is 5.97 Å². The van der Waals surface area contributed by atoms with Gasteiger partial charge in [-0.2, -0.15) is 0 Å². The van der Waals surface area contributed by atoms with E-state index >= 15 is 0 Å². The first kappa shape index (κ1) is 14.9. The van der Waals surface area contributed by atoms with Gasteiger partial charge in [0.05, 0.1) is 23.0 Å². The molecule has 0 radical (unpaired) electrons. The van der Waals surface area contributed by atoms with Crippen molar-refractivity contribution in [3.8, 4) is 0 Å². The number of halogens is 1. The lowest BCUT2D eigenvalue weighted by Crippen LogP contribution is -2.39. The molecule has 0 aromatic heterocycles. The van der Waals surface area contributed by atoms with Gasteiger partial charge < -0.3 is 21.9 Å². The van der Waals surface area contributed by atoms with Gasteiger partial charge in [-0.05, 0) is 18.2 Å². The number of amides is 2. The first-order valence-corrected chi connectivity index (χ1v) is 5.56. The number of carbonyl (C=O) groups is 3. The minimum atomic E-state index is -1.17. The zero-order chi connectivity index (χ0) is 14.6. The van der Waals surface area contributed by atoms with Crippen LogP contribution in [0.1, 0.15) is 16.8 Å². The molecule has 0 bridgehead atoms. The van der Waals surface area contributed by atoms with Gasteiger partial charge in [-0.25, -0.2) is 4.79 Å². The molecule has 1 aromatic carbocycles. The lowest BCUT2D eigenvalue weighted by Gasteiger charge is -2.11. The summed E-state index contributed by atoms with van der Waals surface area (Å²) >= 11 is 5.73. The molecular weight excluding hydrogens is 274 g/mol. The average molecular weight is 286 g/mol. The largest absolute Gasteiger partial charge is 0.478 e. The molecule has 8 heteroatoms. The number of primary amides is 1. The first-order chi connectivity index (χ1) is 8.81. The van der Waals surface area contributed by atoms with E-state index in [1.54, 1.807) is 0 Å². The van der Waals surface area contributed by atoms with Crippen molar-refractivity contribution in [2.45, 2.75) is 12.5 Å². The molecule has 1 unspecified atom stereocenters. The Labute approximate surface area is 113 Å². The summed E-state index contributed by atoms with van der Waals surface area (Å²) in [5.74, 6) is -2.48. The molecule has 7 nitrogen and oxygen atoms in total. The number of carboxylic acid groups (broad SMARTS) is 1. The molecule has 0 aliphatic carbocycles. The van der Waals surface area contributed by atoms with Gasteiger partial charge in [-0.3, -0.25) is 9.59 Å². The van der Waals surface area contributed by atoms with Gasteiger partial charge in [0.25, 0.3) is 0 Å². The van der Waals surface area contributed by atoms with Crippen molar-refractivity contribution in [1.29, 1.82) is 0 Å². The molecule has 102 valence electrons. The maximum absolute atomic E-state index is 11.6. The van der Waals surface area contributed by atoms with Crippen LogP contribution in [0.3, 0.4) is 0 Å². The number of anilines is 1. The summed E-state index contributed by atoms with van der Waals surface area (Å²) in [7, 11) is 0. The monoisotopic (exact) mass is 285 g/mol. The second-order valence-corrected chi connectivity index (χ2v) is 4.17. The van der Waals surface area contributed by atoms with Gasteiger partial charge in [0, 0.05) is 5.69 Å². The highest BCUT2D eigenvalue weighted by molar-refractivity contribution is 6.33. The highest BCUT2D eigenvalue weighted by Crippen LogP contribution is 2.21. The van der Waals surface area contributed by atoms with Crippen LogP contribution in [0.2, 0.25) is 5.02 Å². The summed E-state index contributed by atoms with van der Waals surface area (Å²) in [6.07, 6.45) is -0.285. The van der Waals surface area contributed by atoms with Crippen molar-refractivity contribution in [3.63, 3.8) is 0 Å². The van der Waals surface area contributed by atoms with E-state index in [-0.39, 0.29) is 22.7 Å². The highest BCUT2D eigenvalue weighted by Gasteiger charge is 2.17. The normalized spacial score (nSPS) is 11.7. The van der Waals surface area contributed by atoms with Crippen LogP contribution in [0.4, 0.5) is 5.69 Å². The number of rotatable bonds is 5. The molecule has 0 fully saturated rings. The molecule has 2 amide bonds. The number of aromatic carboxylic acids is 1. The number of nitrogens with two attached hydrogens (primary N) is 2.